The number of aliphatic hydroxyl groups excluding tert-OH is 8. The van der Waals surface area contributed by atoms with E-state index in [2.05, 4.69) is 0 Å². The highest BCUT2D eigenvalue weighted by Crippen LogP contribution is 2.19. The quantitative estimate of drug-likeness (QED) is 0.235. The van der Waals surface area contributed by atoms with E-state index in [9.17, 15) is 35.4 Å². The van der Waals surface area contributed by atoms with Crippen molar-refractivity contribution in [1.29, 1.82) is 0 Å². The average molecular weight is 312 g/mol. The molecule has 1 unspecified atom stereocenters. The largest absolute Gasteiger partial charge is 0.394 e. The van der Waals surface area contributed by atoms with Gasteiger partial charge in [0.25, 0.3) is 0 Å². The molecule has 10 nitrogen and oxygen atoms in total. The lowest BCUT2D eigenvalue weighted by atomic mass is 9.91. The molecule has 8 atom stereocenters. The van der Waals surface area contributed by atoms with E-state index in [0.29, 0.717) is 0 Å². The molecule has 1 aliphatic rings. The van der Waals surface area contributed by atoms with Gasteiger partial charge in [0.05, 0.1) is 13.2 Å². The lowest BCUT2D eigenvalue weighted by molar-refractivity contribution is -0.200. The molecule has 8 N–H and O–H groups in total. The molecule has 10 heteroatoms. The number of aliphatic hydroxyl groups is 8. The number of carbonyl (C=O) groups excluding carboxylic acids is 1. The first-order valence-electron chi connectivity index (χ1n) is 6.25. The molecule has 1 rings (SSSR count). The van der Waals surface area contributed by atoms with Crippen LogP contribution in [0.25, 0.3) is 0 Å². The highest BCUT2D eigenvalue weighted by Gasteiger charge is 2.45. The first-order chi connectivity index (χ1) is 9.72. The fraction of sp³-hybridized carbons (Fsp3) is 0.909. The van der Waals surface area contributed by atoms with Gasteiger partial charge in [0.15, 0.2) is 5.78 Å². The Kier molecular flexibility index (Phi) is 6.59. The molecule has 0 aromatic carbocycles. The number of hydrogen-bond donors (Lipinski definition) is 8. The molecule has 0 spiro atoms. The summed E-state index contributed by atoms with van der Waals surface area (Å²) in [5.74, 6) is -1.25. The maximum atomic E-state index is 11.9. The van der Waals surface area contributed by atoms with Crippen LogP contribution in [0.1, 0.15) is 0 Å². The predicted molar refractivity (Wildman–Crippen MR) is 63.9 cm³/mol. The Hall–Kier alpha value is -0.690. The van der Waals surface area contributed by atoms with Gasteiger partial charge in [-0.25, -0.2) is 0 Å². The first kappa shape index (κ1) is 18.4. The summed E-state index contributed by atoms with van der Waals surface area (Å²) in [4.78, 5) is 11.9. The van der Waals surface area contributed by atoms with Crippen LogP contribution >= 0.6 is 0 Å². The minimum absolute atomic E-state index is 0.473. The zero-order chi connectivity index (χ0) is 16.3. The second-order valence-electron chi connectivity index (χ2n) is 4.88. The third-order valence-corrected chi connectivity index (χ3v) is 3.33. The second-order valence-corrected chi connectivity index (χ2v) is 4.88. The van der Waals surface area contributed by atoms with Crippen LogP contribution in [0.3, 0.4) is 0 Å². The highest BCUT2D eigenvalue weighted by molar-refractivity contribution is 5.88. The Morgan fingerprint density at radius 1 is 1.05 bits per heavy atom. The van der Waals surface area contributed by atoms with Crippen molar-refractivity contribution in [2.24, 2.45) is 0 Å². The van der Waals surface area contributed by atoms with E-state index >= 15 is 0 Å². The maximum Gasteiger partial charge on any atom is 0.195 e. The number of hydrogen-bond acceptors (Lipinski definition) is 10. The molecule has 1 aliphatic heterocycles. The Morgan fingerprint density at radius 3 is 2.14 bits per heavy atom. The fourth-order valence-corrected chi connectivity index (χ4v) is 1.92. The Bertz CT molecular complexity index is 350. The Morgan fingerprint density at radius 2 is 1.62 bits per heavy atom. The SMILES string of the molecule is O=C(C1OC[C@@H](O)[C@@H](O)[C@@H]1O)[C@H](O)[C@@H](O)[C@@H](O)[C@H](O)CO. The molecule has 124 valence electrons. The summed E-state index contributed by atoms with van der Waals surface area (Å²) in [7, 11) is 0. The Labute approximate surface area is 119 Å². The zero-order valence-corrected chi connectivity index (χ0v) is 10.9. The van der Waals surface area contributed by atoms with Gasteiger partial charge in [0.2, 0.25) is 0 Å². The minimum Gasteiger partial charge on any atom is -0.394 e. The van der Waals surface area contributed by atoms with E-state index in [4.69, 9.17) is 14.9 Å². The smallest absolute Gasteiger partial charge is 0.195 e. The van der Waals surface area contributed by atoms with Crippen LogP contribution in [-0.4, -0.2) is 109 Å². The molecule has 0 aromatic rings. The predicted octanol–water partition coefficient (Wildman–Crippen LogP) is -5.53. The lowest BCUT2D eigenvalue weighted by Crippen LogP contribution is -2.59. The second kappa shape index (κ2) is 7.54. The van der Waals surface area contributed by atoms with E-state index in [-0.39, 0.29) is 0 Å². The van der Waals surface area contributed by atoms with Gasteiger partial charge in [-0.2, -0.15) is 0 Å². The van der Waals surface area contributed by atoms with Crippen molar-refractivity contribution in [3.63, 3.8) is 0 Å². The fourth-order valence-electron chi connectivity index (χ4n) is 1.92. The van der Waals surface area contributed by atoms with E-state index in [1.54, 1.807) is 0 Å². The number of carbonyl (C=O) groups is 1. The molecule has 1 heterocycles. The molecule has 0 aromatic heterocycles. The maximum absolute atomic E-state index is 11.9. The van der Waals surface area contributed by atoms with Gasteiger partial charge in [-0.3, -0.25) is 4.79 Å². The molecule has 0 aliphatic carbocycles. The van der Waals surface area contributed by atoms with Crippen molar-refractivity contribution in [3.05, 3.63) is 0 Å². The number of ether oxygens (including phenoxy) is 1. The highest BCUT2D eigenvalue weighted by atomic mass is 16.5. The van der Waals surface area contributed by atoms with Crippen LogP contribution in [0.5, 0.6) is 0 Å². The first-order valence-corrected chi connectivity index (χ1v) is 6.25. The van der Waals surface area contributed by atoms with Crippen molar-refractivity contribution in [2.45, 2.75) is 48.8 Å². The van der Waals surface area contributed by atoms with Crippen LogP contribution in [0.15, 0.2) is 0 Å². The van der Waals surface area contributed by atoms with Gasteiger partial charge in [-0.05, 0) is 0 Å². The van der Waals surface area contributed by atoms with Gasteiger partial charge in [0, 0.05) is 0 Å². The molecule has 0 bridgehead atoms. The van der Waals surface area contributed by atoms with Crippen molar-refractivity contribution in [2.75, 3.05) is 13.2 Å². The average Bonchev–Trinajstić information content (AvgIpc) is 2.49. The lowest BCUT2D eigenvalue weighted by Gasteiger charge is -2.36. The third kappa shape index (κ3) is 3.94. The summed E-state index contributed by atoms with van der Waals surface area (Å²) in [5, 5.41) is 74.6. The van der Waals surface area contributed by atoms with E-state index in [1.807, 2.05) is 0 Å². The summed E-state index contributed by atoms with van der Waals surface area (Å²) in [6.07, 6.45) is -14.8. The number of rotatable bonds is 6. The Balaban J connectivity index is 2.73. The molecule has 1 fully saturated rings. The van der Waals surface area contributed by atoms with E-state index in [0.717, 1.165) is 0 Å². The minimum atomic E-state index is -2.23. The van der Waals surface area contributed by atoms with Gasteiger partial charge in [-0.15, -0.1) is 0 Å². The summed E-state index contributed by atoms with van der Waals surface area (Å²) < 4.78 is 4.80. The van der Waals surface area contributed by atoms with Crippen LogP contribution in [0, 0.1) is 0 Å². The normalized spacial score (nSPS) is 35.8. The van der Waals surface area contributed by atoms with Crippen LogP contribution < -0.4 is 0 Å². The molecule has 1 saturated heterocycles. The topological polar surface area (TPSA) is 188 Å². The summed E-state index contributed by atoms with van der Waals surface area (Å²) >= 11 is 0. The van der Waals surface area contributed by atoms with Crippen molar-refractivity contribution in [3.8, 4) is 0 Å². The summed E-state index contributed by atoms with van der Waals surface area (Å²) in [5.41, 5.74) is 0. The third-order valence-electron chi connectivity index (χ3n) is 3.33. The van der Waals surface area contributed by atoms with Gasteiger partial charge >= 0.3 is 0 Å². The standard InChI is InChI=1S/C11H20O10/c12-1-3(13)5(15)7(17)8(18)10(20)11-9(19)6(16)4(14)2-21-11/h3-9,11-19H,1-2H2/t3-,4-,5+,6-,7+,8-,9+,11?/m1/s1. The number of ketones is 1. The van der Waals surface area contributed by atoms with Crippen molar-refractivity contribution in [1.82, 2.24) is 0 Å². The molecular weight excluding hydrogens is 292 g/mol. The molecule has 21 heavy (non-hydrogen) atoms. The van der Waals surface area contributed by atoms with Crippen LogP contribution in [0.2, 0.25) is 0 Å². The van der Waals surface area contributed by atoms with Gasteiger partial charge < -0.3 is 45.6 Å². The van der Waals surface area contributed by atoms with Gasteiger partial charge in [0.1, 0.15) is 48.8 Å². The zero-order valence-electron chi connectivity index (χ0n) is 10.9. The van der Waals surface area contributed by atoms with E-state index in [1.165, 1.54) is 0 Å². The molecule has 0 radical (unpaired) electrons. The van der Waals surface area contributed by atoms with Gasteiger partial charge in [-0.1, -0.05) is 0 Å². The molecule has 0 amide bonds. The van der Waals surface area contributed by atoms with Crippen molar-refractivity contribution < 1.29 is 50.4 Å². The molecular formula is C11H20O10. The monoisotopic (exact) mass is 312 g/mol. The van der Waals surface area contributed by atoms with E-state index < -0.39 is 67.8 Å². The number of Topliss-reactive ketones (excluding diaryl/α,β-unsaturated/α-hetero) is 1. The molecule has 0 saturated carbocycles. The van der Waals surface area contributed by atoms with Crippen molar-refractivity contribution >= 4 is 5.78 Å². The van der Waals surface area contributed by atoms with Crippen LogP contribution in [0.4, 0.5) is 0 Å². The van der Waals surface area contributed by atoms with Crippen LogP contribution in [-0.2, 0) is 9.53 Å². The summed E-state index contributed by atoms with van der Waals surface area (Å²) in [6.45, 7) is -1.38. The summed E-state index contributed by atoms with van der Waals surface area (Å²) in [6, 6.07) is 0.